The van der Waals surface area contributed by atoms with E-state index in [9.17, 15) is 9.90 Å². The molecule has 0 radical (unpaired) electrons. The van der Waals surface area contributed by atoms with Crippen LogP contribution in [-0.4, -0.2) is 30.0 Å². The SMILES string of the molecule is CCCCCCCCCCCCCC=CC(O)C1COC(=O)N1. The molecular weight excluding hydrogens is 290 g/mol. The highest BCUT2D eigenvalue weighted by Crippen LogP contribution is 2.12. The number of alkyl carbamates (subject to hydrolysis) is 1. The average molecular weight is 325 g/mol. The third-order valence-corrected chi connectivity index (χ3v) is 4.42. The molecule has 4 heteroatoms. The zero-order valence-electron chi connectivity index (χ0n) is 14.8. The van der Waals surface area contributed by atoms with E-state index in [1.165, 1.54) is 70.6 Å². The number of carbonyl (C=O) groups excluding carboxylic acids is 1. The van der Waals surface area contributed by atoms with Crippen LogP contribution in [0.2, 0.25) is 0 Å². The number of ether oxygens (including phenoxy) is 1. The van der Waals surface area contributed by atoms with Crippen molar-refractivity contribution in [2.75, 3.05) is 6.61 Å². The Kier molecular flexibility index (Phi) is 11.7. The number of aliphatic hydroxyl groups excluding tert-OH is 1. The number of amides is 1. The highest BCUT2D eigenvalue weighted by atomic mass is 16.6. The molecule has 2 N–H and O–H groups in total. The average Bonchev–Trinajstić information content (AvgIpc) is 2.98. The van der Waals surface area contributed by atoms with Crippen LogP contribution in [0.25, 0.3) is 0 Å². The summed E-state index contributed by atoms with van der Waals surface area (Å²) < 4.78 is 4.76. The van der Waals surface area contributed by atoms with E-state index >= 15 is 0 Å². The second-order valence-electron chi connectivity index (χ2n) is 6.59. The second kappa shape index (κ2) is 13.4. The zero-order valence-corrected chi connectivity index (χ0v) is 14.8. The van der Waals surface area contributed by atoms with Gasteiger partial charge in [0, 0.05) is 0 Å². The molecule has 0 saturated carbocycles. The van der Waals surface area contributed by atoms with Crippen LogP contribution in [0, 0.1) is 0 Å². The third kappa shape index (κ3) is 10.4. The Morgan fingerprint density at radius 1 is 1.09 bits per heavy atom. The summed E-state index contributed by atoms with van der Waals surface area (Å²) in [6, 6.07) is -0.295. The number of rotatable bonds is 14. The predicted molar refractivity (Wildman–Crippen MR) is 94.5 cm³/mol. The molecule has 1 saturated heterocycles. The normalized spacial score (nSPS) is 19.0. The molecule has 0 bridgehead atoms. The number of nitrogens with one attached hydrogen (secondary N) is 1. The van der Waals surface area contributed by atoms with Gasteiger partial charge in [-0.1, -0.05) is 83.3 Å². The summed E-state index contributed by atoms with van der Waals surface area (Å²) in [6.45, 7) is 2.51. The summed E-state index contributed by atoms with van der Waals surface area (Å²) in [5.41, 5.74) is 0. The first-order chi connectivity index (χ1) is 11.2. The van der Waals surface area contributed by atoms with Crippen molar-refractivity contribution in [1.82, 2.24) is 5.32 Å². The van der Waals surface area contributed by atoms with Crippen LogP contribution in [0.5, 0.6) is 0 Å². The molecule has 1 amide bonds. The Labute approximate surface area is 141 Å². The molecule has 0 spiro atoms. The molecule has 0 aliphatic carbocycles. The van der Waals surface area contributed by atoms with Gasteiger partial charge in [-0.05, 0) is 12.8 Å². The van der Waals surface area contributed by atoms with E-state index in [-0.39, 0.29) is 12.6 Å². The van der Waals surface area contributed by atoms with E-state index in [0.717, 1.165) is 6.42 Å². The molecule has 4 nitrogen and oxygen atoms in total. The van der Waals surface area contributed by atoms with E-state index in [4.69, 9.17) is 4.74 Å². The molecule has 23 heavy (non-hydrogen) atoms. The van der Waals surface area contributed by atoms with E-state index in [1.807, 2.05) is 6.08 Å². The summed E-state index contributed by atoms with van der Waals surface area (Å²) in [7, 11) is 0. The van der Waals surface area contributed by atoms with Crippen LogP contribution in [0.4, 0.5) is 4.79 Å². The number of carbonyl (C=O) groups is 1. The van der Waals surface area contributed by atoms with E-state index in [2.05, 4.69) is 12.2 Å². The predicted octanol–water partition coefficient (Wildman–Crippen LogP) is 4.71. The number of unbranched alkanes of at least 4 members (excludes halogenated alkanes) is 11. The van der Waals surface area contributed by atoms with Crippen molar-refractivity contribution in [2.45, 2.75) is 96.1 Å². The summed E-state index contributed by atoms with van der Waals surface area (Å²) in [5.74, 6) is 0. The smallest absolute Gasteiger partial charge is 0.407 e. The van der Waals surface area contributed by atoms with Gasteiger partial charge in [-0.3, -0.25) is 0 Å². The van der Waals surface area contributed by atoms with Crippen molar-refractivity contribution in [2.24, 2.45) is 0 Å². The van der Waals surface area contributed by atoms with Gasteiger partial charge >= 0.3 is 6.09 Å². The summed E-state index contributed by atoms with van der Waals surface area (Å²) in [6.07, 6.45) is 18.5. The lowest BCUT2D eigenvalue weighted by molar-refractivity contribution is 0.156. The number of hydrogen-bond acceptors (Lipinski definition) is 3. The fourth-order valence-corrected chi connectivity index (χ4v) is 2.88. The van der Waals surface area contributed by atoms with Gasteiger partial charge in [0.15, 0.2) is 0 Å². The molecule has 1 aliphatic rings. The Hall–Kier alpha value is -1.03. The van der Waals surface area contributed by atoms with Crippen LogP contribution in [-0.2, 0) is 4.74 Å². The lowest BCUT2D eigenvalue weighted by atomic mass is 10.0. The lowest BCUT2D eigenvalue weighted by Crippen LogP contribution is -2.36. The van der Waals surface area contributed by atoms with Crippen molar-refractivity contribution in [3.05, 3.63) is 12.2 Å². The molecule has 134 valence electrons. The van der Waals surface area contributed by atoms with Gasteiger partial charge in [0.05, 0.1) is 12.1 Å². The van der Waals surface area contributed by atoms with Gasteiger partial charge in [0.25, 0.3) is 0 Å². The zero-order chi connectivity index (χ0) is 16.8. The summed E-state index contributed by atoms with van der Waals surface area (Å²) in [4.78, 5) is 10.9. The molecule has 0 aromatic carbocycles. The minimum atomic E-state index is -0.644. The fraction of sp³-hybridized carbons (Fsp3) is 0.842. The van der Waals surface area contributed by atoms with Crippen molar-refractivity contribution in [3.63, 3.8) is 0 Å². The Morgan fingerprint density at radius 3 is 2.17 bits per heavy atom. The van der Waals surface area contributed by atoms with E-state index in [0.29, 0.717) is 0 Å². The van der Waals surface area contributed by atoms with Gasteiger partial charge in [0.1, 0.15) is 6.61 Å². The number of aliphatic hydroxyl groups is 1. The Balaban J connectivity index is 1.84. The van der Waals surface area contributed by atoms with Crippen molar-refractivity contribution >= 4 is 6.09 Å². The fourth-order valence-electron chi connectivity index (χ4n) is 2.88. The molecule has 1 rings (SSSR count). The van der Waals surface area contributed by atoms with Crippen LogP contribution in [0.3, 0.4) is 0 Å². The molecule has 2 atom stereocenters. The van der Waals surface area contributed by atoms with Gasteiger partial charge in [-0.15, -0.1) is 0 Å². The van der Waals surface area contributed by atoms with Crippen LogP contribution in [0.15, 0.2) is 12.2 Å². The first-order valence-electron chi connectivity index (χ1n) is 9.52. The van der Waals surface area contributed by atoms with E-state index < -0.39 is 12.2 Å². The molecule has 1 heterocycles. The maximum absolute atomic E-state index is 10.9. The lowest BCUT2D eigenvalue weighted by Gasteiger charge is -2.11. The van der Waals surface area contributed by atoms with E-state index in [1.54, 1.807) is 6.08 Å². The maximum atomic E-state index is 10.9. The van der Waals surface area contributed by atoms with Gasteiger partial charge in [-0.25, -0.2) is 4.79 Å². The number of cyclic esters (lactones) is 1. The number of hydrogen-bond donors (Lipinski definition) is 2. The van der Waals surface area contributed by atoms with Gasteiger partial charge < -0.3 is 15.2 Å². The van der Waals surface area contributed by atoms with Gasteiger partial charge in [0.2, 0.25) is 0 Å². The molecule has 0 aromatic rings. The van der Waals surface area contributed by atoms with Crippen LogP contribution >= 0.6 is 0 Å². The third-order valence-electron chi connectivity index (χ3n) is 4.42. The molecular formula is C19H35NO3. The maximum Gasteiger partial charge on any atom is 0.407 e. The highest BCUT2D eigenvalue weighted by Gasteiger charge is 2.26. The quantitative estimate of drug-likeness (QED) is 0.359. The first-order valence-corrected chi connectivity index (χ1v) is 9.52. The van der Waals surface area contributed by atoms with Crippen molar-refractivity contribution in [3.8, 4) is 0 Å². The van der Waals surface area contributed by atoms with Crippen LogP contribution in [0.1, 0.15) is 84.0 Å². The second-order valence-corrected chi connectivity index (χ2v) is 6.59. The minimum absolute atomic E-state index is 0.253. The topological polar surface area (TPSA) is 58.6 Å². The van der Waals surface area contributed by atoms with Crippen molar-refractivity contribution in [1.29, 1.82) is 0 Å². The monoisotopic (exact) mass is 325 g/mol. The van der Waals surface area contributed by atoms with Gasteiger partial charge in [-0.2, -0.15) is 0 Å². The summed E-state index contributed by atoms with van der Waals surface area (Å²) >= 11 is 0. The molecule has 1 aliphatic heterocycles. The Morgan fingerprint density at radius 2 is 1.65 bits per heavy atom. The van der Waals surface area contributed by atoms with Crippen molar-refractivity contribution < 1.29 is 14.6 Å². The summed E-state index contributed by atoms with van der Waals surface area (Å²) in [5, 5.41) is 12.5. The Bertz CT molecular complexity index is 331. The first kappa shape index (κ1) is 20.0. The van der Waals surface area contributed by atoms with Crippen LogP contribution < -0.4 is 5.32 Å². The largest absolute Gasteiger partial charge is 0.447 e. The molecule has 0 aromatic heterocycles. The number of allylic oxidation sites excluding steroid dienone is 1. The standard InChI is InChI=1S/C19H35NO3/c1-2-3-4-5-6-7-8-9-10-11-12-13-14-15-18(21)17-16-23-19(22)20-17/h14-15,17-18,21H,2-13,16H2,1H3,(H,20,22). The molecule has 2 unspecified atom stereocenters. The molecule has 1 fully saturated rings. The highest BCUT2D eigenvalue weighted by molar-refractivity contribution is 5.69. The minimum Gasteiger partial charge on any atom is -0.447 e.